The standard InChI is InChI=1S/C26H30N4O2S/c1-18-2-10-22(11-3-18)29-14-16-30(17-15-29)23-12-8-20(9-13-23)25-28-27-24(33-25)19-4-6-21(7-5-19)26(31)32/h4-9,12-13,18,22H,2-3,10-11,14-17H2,1H3,(H,31,32)/t18-,22+. The van der Waals surface area contributed by atoms with Crippen molar-refractivity contribution in [2.24, 2.45) is 5.92 Å². The molecule has 0 amide bonds. The van der Waals surface area contributed by atoms with Gasteiger partial charge in [0.2, 0.25) is 0 Å². The lowest BCUT2D eigenvalue weighted by atomic mass is 9.86. The molecule has 0 bridgehead atoms. The van der Waals surface area contributed by atoms with Gasteiger partial charge in [0.15, 0.2) is 0 Å². The van der Waals surface area contributed by atoms with E-state index in [2.05, 4.69) is 51.2 Å². The second kappa shape index (κ2) is 9.61. The number of hydrogen-bond acceptors (Lipinski definition) is 6. The molecule has 3 aromatic rings. The fourth-order valence-corrected chi connectivity index (χ4v) is 5.83. The van der Waals surface area contributed by atoms with Gasteiger partial charge in [0.25, 0.3) is 0 Å². The van der Waals surface area contributed by atoms with Gasteiger partial charge in [0.05, 0.1) is 5.56 Å². The first-order valence-electron chi connectivity index (χ1n) is 11.8. The van der Waals surface area contributed by atoms with Gasteiger partial charge in [-0.25, -0.2) is 4.79 Å². The molecule has 7 heteroatoms. The fraction of sp³-hybridized carbons (Fsp3) is 0.423. The Bertz CT molecular complexity index is 1080. The highest BCUT2D eigenvalue weighted by molar-refractivity contribution is 7.17. The van der Waals surface area contributed by atoms with E-state index in [0.29, 0.717) is 0 Å². The minimum Gasteiger partial charge on any atom is -0.478 e. The van der Waals surface area contributed by atoms with E-state index in [1.54, 1.807) is 24.3 Å². The number of nitrogens with zero attached hydrogens (tertiary/aromatic N) is 4. The van der Waals surface area contributed by atoms with Gasteiger partial charge in [-0.2, -0.15) is 0 Å². The summed E-state index contributed by atoms with van der Waals surface area (Å²) in [6.07, 6.45) is 5.49. The van der Waals surface area contributed by atoms with Crippen LogP contribution in [0.5, 0.6) is 0 Å². The van der Waals surface area contributed by atoms with Gasteiger partial charge in [-0.3, -0.25) is 4.90 Å². The van der Waals surface area contributed by atoms with Crippen LogP contribution >= 0.6 is 11.3 Å². The van der Waals surface area contributed by atoms with Crippen LogP contribution in [0.3, 0.4) is 0 Å². The first kappa shape index (κ1) is 22.0. The van der Waals surface area contributed by atoms with Crippen molar-refractivity contribution in [1.82, 2.24) is 15.1 Å². The third-order valence-corrected chi connectivity index (χ3v) is 8.12. The summed E-state index contributed by atoms with van der Waals surface area (Å²) in [6.45, 7) is 6.86. The SMILES string of the molecule is C[C@H]1CC[C@@H](N2CCN(c3ccc(-c4nnc(-c5ccc(C(=O)O)cc5)s4)cc3)CC2)CC1. The fourth-order valence-electron chi connectivity index (χ4n) is 4.98. The number of carboxylic acids is 1. The summed E-state index contributed by atoms with van der Waals surface area (Å²) in [5.74, 6) is -0.0210. The lowest BCUT2D eigenvalue weighted by Gasteiger charge is -2.42. The van der Waals surface area contributed by atoms with Crippen molar-refractivity contribution in [3.8, 4) is 21.1 Å². The third-order valence-electron chi connectivity index (χ3n) is 7.10. The monoisotopic (exact) mass is 462 g/mol. The second-order valence-electron chi connectivity index (χ2n) is 9.28. The number of rotatable bonds is 5. The Kier molecular flexibility index (Phi) is 6.42. The highest BCUT2D eigenvalue weighted by Crippen LogP contribution is 2.32. The zero-order chi connectivity index (χ0) is 22.8. The van der Waals surface area contributed by atoms with Gasteiger partial charge >= 0.3 is 5.97 Å². The molecule has 2 heterocycles. The van der Waals surface area contributed by atoms with E-state index in [9.17, 15) is 4.79 Å². The van der Waals surface area contributed by atoms with Crippen molar-refractivity contribution in [2.75, 3.05) is 31.1 Å². The number of benzene rings is 2. The highest BCUT2D eigenvalue weighted by atomic mass is 32.1. The molecule has 2 fully saturated rings. The van der Waals surface area contributed by atoms with Crippen molar-refractivity contribution in [3.05, 3.63) is 54.1 Å². The first-order valence-corrected chi connectivity index (χ1v) is 12.6. The maximum absolute atomic E-state index is 11.0. The Morgan fingerprint density at radius 2 is 1.39 bits per heavy atom. The molecule has 1 aromatic heterocycles. The molecule has 5 rings (SSSR count). The largest absolute Gasteiger partial charge is 0.478 e. The van der Waals surface area contributed by atoms with E-state index < -0.39 is 5.97 Å². The van der Waals surface area contributed by atoms with E-state index in [1.165, 1.54) is 42.7 Å². The van der Waals surface area contributed by atoms with Crippen LogP contribution in [-0.2, 0) is 0 Å². The number of carboxylic acid groups (broad SMARTS) is 1. The first-order chi connectivity index (χ1) is 16.1. The summed E-state index contributed by atoms with van der Waals surface area (Å²) in [5, 5.41) is 19.4. The van der Waals surface area contributed by atoms with Gasteiger partial charge in [0, 0.05) is 49.0 Å². The number of anilines is 1. The average Bonchev–Trinajstić information content (AvgIpc) is 3.35. The minimum absolute atomic E-state index is 0.272. The Labute approximate surface area is 198 Å². The van der Waals surface area contributed by atoms with Crippen LogP contribution in [0.4, 0.5) is 5.69 Å². The van der Waals surface area contributed by atoms with E-state index >= 15 is 0 Å². The number of hydrogen-bond donors (Lipinski definition) is 1. The number of aromatic carboxylic acids is 1. The molecule has 2 aliphatic rings. The van der Waals surface area contributed by atoms with E-state index in [1.807, 2.05) is 0 Å². The van der Waals surface area contributed by atoms with E-state index in [4.69, 9.17) is 5.11 Å². The van der Waals surface area contributed by atoms with Crippen molar-refractivity contribution < 1.29 is 9.90 Å². The zero-order valence-corrected chi connectivity index (χ0v) is 19.8. The lowest BCUT2D eigenvalue weighted by Crippen LogP contribution is -2.51. The van der Waals surface area contributed by atoms with Crippen LogP contribution in [0, 0.1) is 5.92 Å². The molecular weight excluding hydrogens is 432 g/mol. The molecule has 6 nitrogen and oxygen atoms in total. The van der Waals surface area contributed by atoms with Crippen LogP contribution in [0.1, 0.15) is 43.0 Å². The summed E-state index contributed by atoms with van der Waals surface area (Å²) >= 11 is 1.52. The van der Waals surface area contributed by atoms with Crippen molar-refractivity contribution >= 4 is 23.0 Å². The predicted molar refractivity (Wildman–Crippen MR) is 133 cm³/mol. The Morgan fingerprint density at radius 3 is 1.94 bits per heavy atom. The molecule has 0 spiro atoms. The molecule has 172 valence electrons. The van der Waals surface area contributed by atoms with Crippen LogP contribution in [0.25, 0.3) is 21.1 Å². The number of carbonyl (C=O) groups is 1. The molecule has 1 aliphatic carbocycles. The van der Waals surface area contributed by atoms with Crippen molar-refractivity contribution in [3.63, 3.8) is 0 Å². The molecule has 0 atom stereocenters. The highest BCUT2D eigenvalue weighted by Gasteiger charge is 2.27. The molecule has 0 radical (unpaired) electrons. The molecular formula is C26H30N4O2S. The summed E-state index contributed by atoms with van der Waals surface area (Å²) in [6, 6.07) is 16.2. The molecule has 1 aliphatic heterocycles. The van der Waals surface area contributed by atoms with E-state index in [-0.39, 0.29) is 5.56 Å². The van der Waals surface area contributed by atoms with Gasteiger partial charge in [-0.1, -0.05) is 30.4 Å². The lowest BCUT2D eigenvalue weighted by molar-refractivity contribution is 0.0697. The summed E-state index contributed by atoms with van der Waals surface area (Å²) < 4.78 is 0. The third kappa shape index (κ3) is 4.94. The van der Waals surface area contributed by atoms with Crippen molar-refractivity contribution in [1.29, 1.82) is 0 Å². The summed E-state index contributed by atoms with van der Waals surface area (Å²) in [4.78, 5) is 16.2. The maximum Gasteiger partial charge on any atom is 0.335 e. The predicted octanol–water partition coefficient (Wildman–Crippen LogP) is 5.27. The topological polar surface area (TPSA) is 69.6 Å². The summed E-state index contributed by atoms with van der Waals surface area (Å²) in [7, 11) is 0. The van der Waals surface area contributed by atoms with Crippen LogP contribution < -0.4 is 4.90 Å². The smallest absolute Gasteiger partial charge is 0.335 e. The van der Waals surface area contributed by atoms with Crippen LogP contribution in [0.2, 0.25) is 0 Å². The average molecular weight is 463 g/mol. The second-order valence-corrected chi connectivity index (χ2v) is 10.3. The van der Waals surface area contributed by atoms with Gasteiger partial charge < -0.3 is 10.0 Å². The van der Waals surface area contributed by atoms with Gasteiger partial charge in [0.1, 0.15) is 10.0 Å². The van der Waals surface area contributed by atoms with Gasteiger partial charge in [-0.15, -0.1) is 10.2 Å². The Hall–Kier alpha value is -2.77. The number of aromatic nitrogens is 2. The van der Waals surface area contributed by atoms with Crippen LogP contribution in [-0.4, -0.2) is 58.4 Å². The minimum atomic E-state index is -0.926. The molecule has 1 N–H and O–H groups in total. The van der Waals surface area contributed by atoms with Crippen LogP contribution in [0.15, 0.2) is 48.5 Å². The Balaban J connectivity index is 1.20. The molecule has 2 aromatic carbocycles. The zero-order valence-electron chi connectivity index (χ0n) is 19.0. The molecule has 0 unspecified atom stereocenters. The molecule has 1 saturated heterocycles. The van der Waals surface area contributed by atoms with Crippen molar-refractivity contribution in [2.45, 2.75) is 38.6 Å². The molecule has 33 heavy (non-hydrogen) atoms. The van der Waals surface area contributed by atoms with Gasteiger partial charge in [-0.05, 0) is 68.0 Å². The number of piperazine rings is 1. The quantitative estimate of drug-likeness (QED) is 0.557. The normalized spacial score (nSPS) is 21.8. The molecule has 1 saturated carbocycles. The maximum atomic E-state index is 11.0. The summed E-state index contributed by atoms with van der Waals surface area (Å²) in [5.41, 5.74) is 3.48. The van der Waals surface area contributed by atoms with E-state index in [0.717, 1.165) is 59.3 Å². The Morgan fingerprint density at radius 1 is 0.848 bits per heavy atom.